The van der Waals surface area contributed by atoms with Gasteiger partial charge in [0.15, 0.2) is 12.5 Å². The van der Waals surface area contributed by atoms with Crippen LogP contribution >= 0.6 is 0 Å². The molecule has 0 saturated carbocycles. The standard InChI is InChI=1S/C21H29FN6O6S/c1-11(2)5-6-27(10-34-20(31)17(23)12(3)4)21-24-8-13-7-14(29)19(16(22)18(13)25-21)28-9-15(30)26-35(28,32)33/h7-8,11-12,17,29H,5-6,9-10,23H2,1-4H3,(H,26,30). The molecule has 3 rings (SSSR count). The van der Waals surface area contributed by atoms with Gasteiger partial charge in [-0.25, -0.2) is 23.4 Å². The summed E-state index contributed by atoms with van der Waals surface area (Å²) in [6, 6.07) is 0.289. The fourth-order valence-corrected chi connectivity index (χ4v) is 4.45. The zero-order valence-electron chi connectivity index (χ0n) is 19.9. The number of anilines is 2. The molecular formula is C21H29FN6O6S. The van der Waals surface area contributed by atoms with Gasteiger partial charge in [0, 0.05) is 18.1 Å². The predicted octanol–water partition coefficient (Wildman–Crippen LogP) is 0.992. The van der Waals surface area contributed by atoms with Crippen molar-refractivity contribution in [2.75, 3.05) is 29.0 Å². The first-order valence-electron chi connectivity index (χ1n) is 11.0. The number of phenols is 1. The highest BCUT2D eigenvalue weighted by Crippen LogP contribution is 2.37. The highest BCUT2D eigenvalue weighted by molar-refractivity contribution is 7.92. The Morgan fingerprint density at radius 1 is 1.37 bits per heavy atom. The van der Waals surface area contributed by atoms with Crippen molar-refractivity contribution in [2.24, 2.45) is 17.6 Å². The minimum Gasteiger partial charge on any atom is -0.506 e. The molecule has 1 aromatic carbocycles. The van der Waals surface area contributed by atoms with E-state index in [1.54, 1.807) is 18.6 Å². The van der Waals surface area contributed by atoms with Crippen LogP contribution < -0.4 is 19.7 Å². The van der Waals surface area contributed by atoms with Crippen molar-refractivity contribution in [1.29, 1.82) is 0 Å². The number of aromatic hydroxyl groups is 1. The Labute approximate surface area is 202 Å². The molecule has 1 aromatic heterocycles. The summed E-state index contributed by atoms with van der Waals surface area (Å²) < 4.78 is 47.4. The van der Waals surface area contributed by atoms with Gasteiger partial charge in [0.1, 0.15) is 29.5 Å². The molecule has 0 bridgehead atoms. The molecule has 192 valence electrons. The minimum atomic E-state index is -4.37. The van der Waals surface area contributed by atoms with Crippen molar-refractivity contribution in [3.05, 3.63) is 18.1 Å². The summed E-state index contributed by atoms with van der Waals surface area (Å²) in [5.74, 6) is -3.13. The molecule has 1 aliphatic rings. The Kier molecular flexibility index (Phi) is 7.65. The summed E-state index contributed by atoms with van der Waals surface area (Å²) >= 11 is 0. The van der Waals surface area contributed by atoms with E-state index in [-0.39, 0.29) is 35.4 Å². The summed E-state index contributed by atoms with van der Waals surface area (Å²) in [5, 5.41) is 10.4. The Morgan fingerprint density at radius 2 is 2.06 bits per heavy atom. The van der Waals surface area contributed by atoms with Crippen molar-refractivity contribution in [3.63, 3.8) is 0 Å². The highest BCUT2D eigenvalue weighted by atomic mass is 32.2. The molecule has 2 aromatic rings. The number of hydrogen-bond acceptors (Lipinski definition) is 10. The molecule has 4 N–H and O–H groups in total. The van der Waals surface area contributed by atoms with Crippen LogP contribution in [0, 0.1) is 17.7 Å². The van der Waals surface area contributed by atoms with E-state index >= 15 is 4.39 Å². The van der Waals surface area contributed by atoms with Crippen molar-refractivity contribution >= 4 is 44.6 Å². The number of carbonyl (C=O) groups excluding carboxylic acids is 2. The van der Waals surface area contributed by atoms with E-state index in [9.17, 15) is 23.1 Å². The van der Waals surface area contributed by atoms with E-state index in [4.69, 9.17) is 10.5 Å². The lowest BCUT2D eigenvalue weighted by Gasteiger charge is -2.25. The van der Waals surface area contributed by atoms with Gasteiger partial charge in [-0.05, 0) is 24.3 Å². The number of hydrogen-bond donors (Lipinski definition) is 3. The van der Waals surface area contributed by atoms with E-state index in [2.05, 4.69) is 9.97 Å². The molecule has 14 heteroatoms. The lowest BCUT2D eigenvalue weighted by atomic mass is 10.1. The highest BCUT2D eigenvalue weighted by Gasteiger charge is 2.38. The monoisotopic (exact) mass is 512 g/mol. The van der Waals surface area contributed by atoms with Gasteiger partial charge in [-0.15, -0.1) is 0 Å². The molecule has 1 atom stereocenters. The number of phenolic OH excluding ortho intramolecular Hbond substituents is 1. The maximum absolute atomic E-state index is 15.5. The minimum absolute atomic E-state index is 0.0260. The molecule has 35 heavy (non-hydrogen) atoms. The van der Waals surface area contributed by atoms with Gasteiger partial charge in [-0.3, -0.25) is 9.59 Å². The average Bonchev–Trinajstić information content (AvgIpc) is 3.04. The first-order chi connectivity index (χ1) is 16.3. The Morgan fingerprint density at radius 3 is 2.63 bits per heavy atom. The largest absolute Gasteiger partial charge is 0.506 e. The second-order valence-corrected chi connectivity index (χ2v) is 10.6. The quantitative estimate of drug-likeness (QED) is 0.325. The number of fused-ring (bicyclic) bond motifs is 1. The third-order valence-electron chi connectivity index (χ3n) is 5.44. The lowest BCUT2D eigenvalue weighted by Crippen LogP contribution is -2.40. The molecule has 1 aliphatic heterocycles. The summed E-state index contributed by atoms with van der Waals surface area (Å²) in [7, 11) is -4.37. The molecule has 1 unspecified atom stereocenters. The van der Waals surface area contributed by atoms with Gasteiger partial charge < -0.3 is 20.5 Å². The number of amides is 1. The van der Waals surface area contributed by atoms with E-state index < -0.39 is 51.9 Å². The van der Waals surface area contributed by atoms with Gasteiger partial charge in [-0.1, -0.05) is 27.7 Å². The SMILES string of the molecule is CC(C)CCN(COC(=O)C(N)C(C)C)c1ncc2cc(O)c(N3CC(=O)NS3(=O)=O)c(F)c2n1. The Balaban J connectivity index is 2.00. The summed E-state index contributed by atoms with van der Waals surface area (Å²) in [6.45, 7) is 7.02. The summed E-state index contributed by atoms with van der Waals surface area (Å²) in [5.41, 5.74) is 4.86. The fraction of sp³-hybridized carbons (Fsp3) is 0.524. The second kappa shape index (κ2) is 10.2. The van der Waals surface area contributed by atoms with Crippen LogP contribution in [0.3, 0.4) is 0 Å². The van der Waals surface area contributed by atoms with E-state index in [0.29, 0.717) is 17.3 Å². The van der Waals surface area contributed by atoms with Crippen molar-refractivity contribution in [1.82, 2.24) is 14.7 Å². The fourth-order valence-electron chi connectivity index (χ4n) is 3.29. The topological polar surface area (TPSA) is 168 Å². The number of nitrogens with zero attached hydrogens (tertiary/aromatic N) is 4. The van der Waals surface area contributed by atoms with E-state index in [0.717, 1.165) is 6.07 Å². The molecular weight excluding hydrogens is 483 g/mol. The van der Waals surface area contributed by atoms with Gasteiger partial charge in [0.25, 0.3) is 5.91 Å². The van der Waals surface area contributed by atoms with Crippen LogP contribution in [0.2, 0.25) is 0 Å². The van der Waals surface area contributed by atoms with Gasteiger partial charge in [0.2, 0.25) is 5.95 Å². The van der Waals surface area contributed by atoms with Crippen LogP contribution in [0.5, 0.6) is 5.75 Å². The molecule has 1 amide bonds. The number of esters is 1. The van der Waals surface area contributed by atoms with Crippen LogP contribution in [0.4, 0.5) is 16.0 Å². The zero-order chi connectivity index (χ0) is 26.1. The third kappa shape index (κ3) is 5.70. The number of nitrogens with two attached hydrogens (primary N) is 1. The maximum atomic E-state index is 15.5. The number of halogens is 1. The average molecular weight is 513 g/mol. The number of benzene rings is 1. The van der Waals surface area contributed by atoms with Crippen molar-refractivity contribution in [2.45, 2.75) is 40.2 Å². The third-order valence-corrected chi connectivity index (χ3v) is 6.81. The maximum Gasteiger partial charge on any atom is 0.326 e. The summed E-state index contributed by atoms with van der Waals surface area (Å²) in [4.78, 5) is 33.8. The van der Waals surface area contributed by atoms with Crippen LogP contribution in [-0.2, 0) is 24.5 Å². The molecule has 1 saturated heterocycles. The normalized spacial score (nSPS) is 16.1. The van der Waals surface area contributed by atoms with E-state index in [1.807, 2.05) is 13.8 Å². The zero-order valence-corrected chi connectivity index (χ0v) is 20.7. The first kappa shape index (κ1) is 26.3. The number of carbonyl (C=O) groups is 2. The molecule has 0 aliphatic carbocycles. The molecule has 0 radical (unpaired) electrons. The van der Waals surface area contributed by atoms with Gasteiger partial charge >= 0.3 is 16.2 Å². The first-order valence-corrected chi connectivity index (χ1v) is 12.4. The number of nitrogens with one attached hydrogen (secondary N) is 1. The Bertz CT molecular complexity index is 1240. The van der Waals surface area contributed by atoms with Crippen LogP contribution in [0.25, 0.3) is 10.9 Å². The van der Waals surface area contributed by atoms with Crippen molar-refractivity contribution < 1.29 is 32.2 Å². The molecule has 2 heterocycles. The van der Waals surface area contributed by atoms with Crippen LogP contribution in [0.1, 0.15) is 34.1 Å². The van der Waals surface area contributed by atoms with Crippen LogP contribution in [0.15, 0.2) is 12.3 Å². The Hall–Kier alpha value is -3.26. The number of ether oxygens (including phenoxy) is 1. The molecule has 1 fully saturated rings. The second-order valence-electron chi connectivity index (χ2n) is 9.01. The molecule has 0 spiro atoms. The van der Waals surface area contributed by atoms with E-state index in [1.165, 1.54) is 11.1 Å². The summed E-state index contributed by atoms with van der Waals surface area (Å²) in [6.07, 6.45) is 1.94. The van der Waals surface area contributed by atoms with Crippen molar-refractivity contribution in [3.8, 4) is 5.75 Å². The lowest BCUT2D eigenvalue weighted by molar-refractivity contribution is -0.146. The number of aromatic nitrogens is 2. The molecule has 12 nitrogen and oxygen atoms in total. The van der Waals surface area contributed by atoms with Crippen LogP contribution in [-0.4, -0.2) is 61.2 Å². The predicted molar refractivity (Wildman–Crippen MR) is 126 cm³/mol. The van der Waals surface area contributed by atoms with Gasteiger partial charge in [0.05, 0.1) is 0 Å². The van der Waals surface area contributed by atoms with Gasteiger partial charge in [-0.2, -0.15) is 8.42 Å². The smallest absolute Gasteiger partial charge is 0.326 e. The number of rotatable bonds is 9.